The quantitative estimate of drug-likeness (QED) is 0.427. The number of imidazole rings is 1. The maximum Gasteiger partial charge on any atom is 0.229 e. The molecule has 2 aliphatic carbocycles. The third kappa shape index (κ3) is 3.06. The fourth-order valence-corrected chi connectivity index (χ4v) is 4.85. The molecule has 2 saturated carbocycles. The van der Waals surface area contributed by atoms with Crippen LogP contribution < -0.4 is 10.6 Å². The molecule has 11 heteroatoms. The van der Waals surface area contributed by atoms with Gasteiger partial charge in [-0.3, -0.25) is 4.79 Å². The lowest BCUT2D eigenvalue weighted by Crippen LogP contribution is -2.41. The van der Waals surface area contributed by atoms with Gasteiger partial charge in [-0.05, 0) is 30.5 Å². The van der Waals surface area contributed by atoms with Gasteiger partial charge in [0.25, 0.3) is 0 Å². The number of anilines is 1. The fraction of sp³-hybridized carbons (Fsp3) is 0.364. The molecule has 1 aromatic carbocycles. The molecule has 3 aromatic rings. The van der Waals surface area contributed by atoms with Crippen molar-refractivity contribution in [2.45, 2.75) is 24.7 Å². The van der Waals surface area contributed by atoms with Crippen molar-refractivity contribution in [3.63, 3.8) is 0 Å². The molecule has 0 spiro atoms. The number of hydrogen-bond acceptors (Lipinski definition) is 7. The Hall–Kier alpha value is -3.62. The van der Waals surface area contributed by atoms with Gasteiger partial charge in [-0.15, -0.1) is 0 Å². The third-order valence-electron chi connectivity index (χ3n) is 6.54. The largest absolute Gasteiger partial charge is 0.389 e. The first-order valence-corrected chi connectivity index (χ1v) is 10.3. The van der Waals surface area contributed by atoms with Crippen molar-refractivity contribution >= 4 is 22.9 Å². The summed E-state index contributed by atoms with van der Waals surface area (Å²) in [7, 11) is 3.15. The Labute approximate surface area is 186 Å². The number of nitrogens with zero attached hydrogens (tertiary/aromatic N) is 4. The molecule has 5 atom stereocenters. The smallest absolute Gasteiger partial charge is 0.229 e. The van der Waals surface area contributed by atoms with E-state index in [2.05, 4.69) is 37.4 Å². The highest BCUT2D eigenvalue weighted by atomic mass is 19.2. The van der Waals surface area contributed by atoms with Crippen molar-refractivity contribution in [3.05, 3.63) is 47.5 Å². The first-order valence-electron chi connectivity index (χ1n) is 10.3. The summed E-state index contributed by atoms with van der Waals surface area (Å²) in [6.45, 7) is 0. The number of carbonyl (C=O) groups is 1. The predicted octanol–water partition coefficient (Wildman–Crippen LogP) is 0.575. The number of rotatable bonds is 3. The van der Waals surface area contributed by atoms with Gasteiger partial charge in [0, 0.05) is 25.6 Å². The number of benzene rings is 1. The summed E-state index contributed by atoms with van der Waals surface area (Å²) in [5, 5.41) is 26.9. The van der Waals surface area contributed by atoms with Crippen LogP contribution in [-0.4, -0.2) is 61.9 Å². The van der Waals surface area contributed by atoms with Crippen molar-refractivity contribution in [3.8, 4) is 11.8 Å². The van der Waals surface area contributed by atoms with Crippen LogP contribution in [0.5, 0.6) is 0 Å². The van der Waals surface area contributed by atoms with Gasteiger partial charge in [-0.25, -0.2) is 23.7 Å². The monoisotopic (exact) mass is 454 g/mol. The van der Waals surface area contributed by atoms with Gasteiger partial charge in [0.2, 0.25) is 11.7 Å². The third-order valence-corrected chi connectivity index (χ3v) is 6.54. The molecule has 2 aromatic heterocycles. The number of amides is 1. The van der Waals surface area contributed by atoms with Gasteiger partial charge >= 0.3 is 0 Å². The van der Waals surface area contributed by atoms with Crippen LogP contribution in [0.2, 0.25) is 0 Å². The zero-order valence-corrected chi connectivity index (χ0v) is 17.7. The SMILES string of the molecule is CNC(=O)[C@@]12C[C@@H]1[C@@H](n1cnc3c(NC)nc(C#Cc4ccc(F)c(F)c4)nc31)[C@H](O)[C@@H]2O. The van der Waals surface area contributed by atoms with E-state index >= 15 is 0 Å². The fourth-order valence-electron chi connectivity index (χ4n) is 4.85. The zero-order valence-electron chi connectivity index (χ0n) is 17.7. The van der Waals surface area contributed by atoms with Crippen molar-refractivity contribution in [1.29, 1.82) is 0 Å². The van der Waals surface area contributed by atoms with Crippen molar-refractivity contribution in [1.82, 2.24) is 24.8 Å². The van der Waals surface area contributed by atoms with E-state index in [1.807, 2.05) is 0 Å². The number of aromatic nitrogens is 4. The second kappa shape index (κ2) is 7.47. The first kappa shape index (κ1) is 21.2. The Bertz CT molecular complexity index is 1350. The Morgan fingerprint density at radius 3 is 2.70 bits per heavy atom. The molecule has 33 heavy (non-hydrogen) atoms. The lowest BCUT2D eigenvalue weighted by Gasteiger charge is -2.23. The highest BCUT2D eigenvalue weighted by Gasteiger charge is 2.75. The van der Waals surface area contributed by atoms with Crippen molar-refractivity contribution in [2.24, 2.45) is 11.3 Å². The molecule has 1 amide bonds. The van der Waals surface area contributed by atoms with Crippen LogP contribution in [0.4, 0.5) is 14.6 Å². The van der Waals surface area contributed by atoms with Gasteiger partial charge in [0.1, 0.15) is 6.10 Å². The molecule has 0 saturated heterocycles. The van der Waals surface area contributed by atoms with Crippen LogP contribution in [0.1, 0.15) is 23.9 Å². The predicted molar refractivity (Wildman–Crippen MR) is 113 cm³/mol. The van der Waals surface area contributed by atoms with Crippen LogP contribution >= 0.6 is 0 Å². The highest BCUT2D eigenvalue weighted by Crippen LogP contribution is 2.67. The number of nitrogens with one attached hydrogen (secondary N) is 2. The van der Waals surface area contributed by atoms with Gasteiger partial charge in [-0.1, -0.05) is 5.92 Å². The number of halogens is 2. The number of fused-ring (bicyclic) bond motifs is 2. The summed E-state index contributed by atoms with van der Waals surface area (Å²) < 4.78 is 28.3. The van der Waals surface area contributed by atoms with Crippen LogP contribution in [0.3, 0.4) is 0 Å². The normalized spacial score (nSPS) is 27.6. The van der Waals surface area contributed by atoms with Gasteiger partial charge in [0.05, 0.1) is 23.9 Å². The summed E-state index contributed by atoms with van der Waals surface area (Å²) in [4.78, 5) is 25.6. The first-order chi connectivity index (χ1) is 15.8. The van der Waals surface area contributed by atoms with Crippen LogP contribution in [-0.2, 0) is 4.79 Å². The lowest BCUT2D eigenvalue weighted by molar-refractivity contribution is -0.132. The molecule has 170 valence electrons. The Kier molecular flexibility index (Phi) is 4.81. The zero-order chi connectivity index (χ0) is 23.5. The molecule has 2 fully saturated rings. The highest BCUT2D eigenvalue weighted by molar-refractivity contribution is 5.88. The number of aliphatic hydroxyl groups excluding tert-OH is 2. The molecule has 9 nitrogen and oxygen atoms in total. The minimum absolute atomic E-state index is 0.0970. The average molecular weight is 454 g/mol. The van der Waals surface area contributed by atoms with E-state index in [-0.39, 0.29) is 23.2 Å². The number of hydrogen-bond donors (Lipinski definition) is 4. The van der Waals surface area contributed by atoms with Crippen LogP contribution in [0, 0.1) is 34.8 Å². The minimum Gasteiger partial charge on any atom is -0.389 e. The second-order valence-electron chi connectivity index (χ2n) is 8.20. The van der Waals surface area contributed by atoms with E-state index in [0.29, 0.717) is 23.4 Å². The van der Waals surface area contributed by atoms with Gasteiger partial charge < -0.3 is 25.4 Å². The standard InChI is InChI=1S/C22H20F2N6O3/c1-25-19-15-20(29-14(28-19)6-4-10-3-5-12(23)13(24)7-10)30(9-27-15)16-11-8-22(11,21(33)26-2)18(32)17(16)31/h3,5,7,9,11,16-18,31-32H,8H2,1-2H3,(H,26,33)(H,25,28,29)/t11-,16-,17+,18+,22+/m1/s1. The summed E-state index contributed by atoms with van der Waals surface area (Å²) in [5.41, 5.74) is -0.000847. The Morgan fingerprint density at radius 2 is 2.00 bits per heavy atom. The van der Waals surface area contributed by atoms with E-state index in [1.165, 1.54) is 19.4 Å². The summed E-state index contributed by atoms with van der Waals surface area (Å²) in [5.74, 6) is 3.35. The topological polar surface area (TPSA) is 125 Å². The molecule has 4 N–H and O–H groups in total. The van der Waals surface area contributed by atoms with E-state index < -0.39 is 35.3 Å². The van der Waals surface area contributed by atoms with Crippen LogP contribution in [0.15, 0.2) is 24.5 Å². The molecular formula is C22H20F2N6O3. The van der Waals surface area contributed by atoms with E-state index in [4.69, 9.17) is 0 Å². The van der Waals surface area contributed by atoms with Gasteiger partial charge in [-0.2, -0.15) is 0 Å². The molecule has 0 bridgehead atoms. The van der Waals surface area contributed by atoms with Crippen molar-refractivity contribution < 1.29 is 23.8 Å². The second-order valence-corrected chi connectivity index (χ2v) is 8.20. The summed E-state index contributed by atoms with van der Waals surface area (Å²) in [6.07, 6.45) is -0.487. The molecule has 2 aliphatic rings. The molecular weight excluding hydrogens is 434 g/mol. The maximum atomic E-state index is 13.5. The molecule has 0 unspecified atom stereocenters. The molecule has 0 radical (unpaired) electrons. The number of carbonyl (C=O) groups excluding carboxylic acids is 1. The van der Waals surface area contributed by atoms with E-state index in [0.717, 1.165) is 12.1 Å². The average Bonchev–Trinajstić information content (AvgIpc) is 3.35. The van der Waals surface area contributed by atoms with E-state index in [9.17, 15) is 23.8 Å². The molecule has 0 aliphatic heterocycles. The molecule has 2 heterocycles. The van der Waals surface area contributed by atoms with Crippen LogP contribution in [0.25, 0.3) is 11.2 Å². The number of aliphatic hydroxyl groups is 2. The van der Waals surface area contributed by atoms with Crippen molar-refractivity contribution in [2.75, 3.05) is 19.4 Å². The lowest BCUT2D eigenvalue weighted by atomic mass is 9.98. The Balaban J connectivity index is 1.57. The Morgan fingerprint density at radius 1 is 1.21 bits per heavy atom. The summed E-state index contributed by atoms with van der Waals surface area (Å²) >= 11 is 0. The van der Waals surface area contributed by atoms with E-state index in [1.54, 1.807) is 11.6 Å². The van der Waals surface area contributed by atoms with Gasteiger partial charge in [0.15, 0.2) is 28.6 Å². The molecule has 5 rings (SSSR count). The summed E-state index contributed by atoms with van der Waals surface area (Å²) in [6, 6.07) is 2.69. The maximum absolute atomic E-state index is 13.5. The minimum atomic E-state index is -1.22.